The van der Waals surface area contributed by atoms with Gasteiger partial charge in [-0.1, -0.05) is 6.92 Å². The Labute approximate surface area is 106 Å². The van der Waals surface area contributed by atoms with Crippen molar-refractivity contribution in [3.8, 4) is 0 Å². The Kier molecular flexibility index (Phi) is 5.52. The first-order valence-electron chi connectivity index (χ1n) is 5.74. The molecule has 90 valence electrons. The molecule has 4 nitrogen and oxygen atoms in total. The van der Waals surface area contributed by atoms with Gasteiger partial charge in [0.05, 0.1) is 4.47 Å². The first kappa shape index (κ1) is 13.2. The van der Waals surface area contributed by atoms with E-state index in [-0.39, 0.29) is 0 Å². The fraction of sp³-hybridized carbons (Fsp3) is 0.636. The van der Waals surface area contributed by atoms with Crippen molar-refractivity contribution in [2.45, 2.75) is 27.2 Å². The van der Waals surface area contributed by atoms with Crippen molar-refractivity contribution < 1.29 is 0 Å². The topological polar surface area (TPSA) is 41.1 Å². The average molecular weight is 287 g/mol. The third-order valence-corrected chi connectivity index (χ3v) is 2.88. The zero-order chi connectivity index (χ0) is 12.0. The number of nitrogens with zero attached hydrogens (tertiary/aromatic N) is 3. The van der Waals surface area contributed by atoms with Gasteiger partial charge >= 0.3 is 0 Å². The summed E-state index contributed by atoms with van der Waals surface area (Å²) in [5.74, 6) is 1.66. The van der Waals surface area contributed by atoms with Crippen LogP contribution >= 0.6 is 15.9 Å². The van der Waals surface area contributed by atoms with Crippen LogP contribution in [-0.2, 0) is 0 Å². The maximum absolute atomic E-state index is 4.51. The number of nitrogens with one attached hydrogen (secondary N) is 1. The lowest BCUT2D eigenvalue weighted by Gasteiger charge is -2.21. The van der Waals surface area contributed by atoms with Crippen molar-refractivity contribution >= 4 is 27.7 Å². The van der Waals surface area contributed by atoms with Crippen LogP contribution in [0.4, 0.5) is 11.8 Å². The summed E-state index contributed by atoms with van der Waals surface area (Å²) in [6, 6.07) is 0. The van der Waals surface area contributed by atoms with Crippen LogP contribution in [0, 0.1) is 0 Å². The molecule has 0 aliphatic rings. The van der Waals surface area contributed by atoms with Gasteiger partial charge in [0.1, 0.15) is 5.82 Å². The van der Waals surface area contributed by atoms with Crippen LogP contribution in [0.25, 0.3) is 0 Å². The van der Waals surface area contributed by atoms with Gasteiger partial charge in [0.15, 0.2) is 0 Å². The smallest absolute Gasteiger partial charge is 0.224 e. The number of anilines is 2. The molecule has 0 radical (unpaired) electrons. The molecule has 5 heteroatoms. The summed E-state index contributed by atoms with van der Waals surface area (Å²) >= 11 is 3.49. The number of rotatable bonds is 6. The molecule has 16 heavy (non-hydrogen) atoms. The Morgan fingerprint density at radius 1 is 1.31 bits per heavy atom. The Morgan fingerprint density at radius 3 is 2.56 bits per heavy atom. The summed E-state index contributed by atoms with van der Waals surface area (Å²) in [7, 11) is 0. The second-order valence-electron chi connectivity index (χ2n) is 3.46. The van der Waals surface area contributed by atoms with Gasteiger partial charge in [-0.25, -0.2) is 4.98 Å². The van der Waals surface area contributed by atoms with Crippen molar-refractivity contribution in [3.05, 3.63) is 10.7 Å². The first-order valence-corrected chi connectivity index (χ1v) is 6.53. The number of hydrogen-bond donors (Lipinski definition) is 1. The van der Waals surface area contributed by atoms with E-state index in [9.17, 15) is 0 Å². The molecule has 0 unspecified atom stereocenters. The van der Waals surface area contributed by atoms with Crippen LogP contribution in [0.15, 0.2) is 10.7 Å². The zero-order valence-electron chi connectivity index (χ0n) is 10.1. The minimum atomic E-state index is 0.701. The number of hydrogen-bond acceptors (Lipinski definition) is 4. The third-order valence-electron chi connectivity index (χ3n) is 2.32. The second kappa shape index (κ2) is 6.68. The van der Waals surface area contributed by atoms with Gasteiger partial charge in [0.2, 0.25) is 5.95 Å². The Hall–Kier alpha value is -0.840. The monoisotopic (exact) mass is 286 g/mol. The van der Waals surface area contributed by atoms with Gasteiger partial charge in [-0.2, -0.15) is 4.98 Å². The first-order chi connectivity index (χ1) is 7.72. The van der Waals surface area contributed by atoms with Gasteiger partial charge in [0, 0.05) is 25.8 Å². The lowest BCUT2D eigenvalue weighted by molar-refractivity contribution is 0.835. The van der Waals surface area contributed by atoms with E-state index in [1.54, 1.807) is 6.20 Å². The average Bonchev–Trinajstić information content (AvgIpc) is 2.31. The fourth-order valence-corrected chi connectivity index (χ4v) is 1.87. The van der Waals surface area contributed by atoms with Gasteiger partial charge in [-0.15, -0.1) is 0 Å². The van der Waals surface area contributed by atoms with E-state index in [0.29, 0.717) is 5.95 Å². The van der Waals surface area contributed by atoms with E-state index in [0.717, 1.165) is 36.3 Å². The fourth-order valence-electron chi connectivity index (χ4n) is 1.43. The molecule has 0 fully saturated rings. The van der Waals surface area contributed by atoms with Crippen molar-refractivity contribution in [2.75, 3.05) is 29.9 Å². The molecule has 1 heterocycles. The molecule has 0 saturated carbocycles. The van der Waals surface area contributed by atoms with Crippen LogP contribution < -0.4 is 10.2 Å². The van der Waals surface area contributed by atoms with Crippen LogP contribution in [0.1, 0.15) is 27.2 Å². The van der Waals surface area contributed by atoms with E-state index in [4.69, 9.17) is 0 Å². The molecule has 0 aromatic carbocycles. The second-order valence-corrected chi connectivity index (χ2v) is 4.32. The van der Waals surface area contributed by atoms with E-state index >= 15 is 0 Å². The molecule has 0 saturated heterocycles. The summed E-state index contributed by atoms with van der Waals surface area (Å²) in [4.78, 5) is 10.9. The van der Waals surface area contributed by atoms with Crippen molar-refractivity contribution in [1.29, 1.82) is 0 Å². The SMILES string of the molecule is CCCNc1ncc(Br)c(N(CC)CC)n1. The molecular formula is C11H19BrN4. The normalized spacial score (nSPS) is 10.2. The van der Waals surface area contributed by atoms with E-state index < -0.39 is 0 Å². The maximum Gasteiger partial charge on any atom is 0.224 e. The minimum Gasteiger partial charge on any atom is -0.356 e. The lowest BCUT2D eigenvalue weighted by atomic mass is 10.4. The highest BCUT2D eigenvalue weighted by Crippen LogP contribution is 2.23. The van der Waals surface area contributed by atoms with E-state index in [1.165, 1.54) is 0 Å². The van der Waals surface area contributed by atoms with Crippen molar-refractivity contribution in [3.63, 3.8) is 0 Å². The van der Waals surface area contributed by atoms with Crippen LogP contribution in [-0.4, -0.2) is 29.6 Å². The van der Waals surface area contributed by atoms with Crippen molar-refractivity contribution in [2.24, 2.45) is 0 Å². The Bertz CT molecular complexity index is 326. The molecule has 0 aliphatic heterocycles. The molecule has 0 amide bonds. The predicted octanol–water partition coefficient (Wildman–Crippen LogP) is 2.91. The molecule has 1 N–H and O–H groups in total. The van der Waals surface area contributed by atoms with Crippen LogP contribution in [0.5, 0.6) is 0 Å². The highest BCUT2D eigenvalue weighted by molar-refractivity contribution is 9.10. The van der Waals surface area contributed by atoms with Gasteiger partial charge in [0.25, 0.3) is 0 Å². The molecule has 1 aromatic rings. The summed E-state index contributed by atoms with van der Waals surface area (Å²) in [6.07, 6.45) is 2.87. The van der Waals surface area contributed by atoms with Gasteiger partial charge in [-0.3, -0.25) is 0 Å². The molecular weight excluding hydrogens is 268 g/mol. The summed E-state index contributed by atoms with van der Waals surface area (Å²) in [5, 5.41) is 3.20. The number of halogens is 1. The minimum absolute atomic E-state index is 0.701. The largest absolute Gasteiger partial charge is 0.356 e. The number of aromatic nitrogens is 2. The summed E-state index contributed by atoms with van der Waals surface area (Å²) in [5.41, 5.74) is 0. The lowest BCUT2D eigenvalue weighted by Crippen LogP contribution is -2.24. The Balaban J connectivity index is 2.89. The van der Waals surface area contributed by atoms with E-state index in [1.807, 2.05) is 0 Å². The maximum atomic E-state index is 4.51. The van der Waals surface area contributed by atoms with E-state index in [2.05, 4.69) is 56.9 Å². The molecule has 0 spiro atoms. The molecule has 1 rings (SSSR count). The molecule has 0 bridgehead atoms. The molecule has 0 atom stereocenters. The predicted molar refractivity (Wildman–Crippen MR) is 72.1 cm³/mol. The zero-order valence-corrected chi connectivity index (χ0v) is 11.7. The highest BCUT2D eigenvalue weighted by Gasteiger charge is 2.10. The van der Waals surface area contributed by atoms with Gasteiger partial charge in [-0.05, 0) is 36.2 Å². The summed E-state index contributed by atoms with van der Waals surface area (Å²) in [6.45, 7) is 9.16. The summed E-state index contributed by atoms with van der Waals surface area (Å²) < 4.78 is 0.943. The quantitative estimate of drug-likeness (QED) is 0.873. The van der Waals surface area contributed by atoms with Crippen LogP contribution in [0.2, 0.25) is 0 Å². The van der Waals surface area contributed by atoms with Crippen LogP contribution in [0.3, 0.4) is 0 Å². The highest BCUT2D eigenvalue weighted by atomic mass is 79.9. The standard InChI is InChI=1S/C11H19BrN4/c1-4-7-13-11-14-8-9(12)10(15-11)16(5-2)6-3/h8H,4-7H2,1-3H3,(H,13,14,15). The molecule has 1 aromatic heterocycles. The third kappa shape index (κ3) is 3.33. The van der Waals surface area contributed by atoms with Gasteiger partial charge < -0.3 is 10.2 Å². The van der Waals surface area contributed by atoms with Crippen molar-refractivity contribution in [1.82, 2.24) is 9.97 Å². The Morgan fingerprint density at radius 2 is 2.00 bits per heavy atom. The molecule has 0 aliphatic carbocycles.